The molecular formula is C22H21FN4O. The van der Waals surface area contributed by atoms with Crippen LogP contribution in [-0.4, -0.2) is 12.5 Å². The number of carbonyl (C=O) groups excluding carboxylic acids is 1. The van der Waals surface area contributed by atoms with Crippen LogP contribution in [0.1, 0.15) is 11.6 Å². The lowest BCUT2D eigenvalue weighted by Gasteiger charge is -2.18. The Bertz CT molecular complexity index is 929. The van der Waals surface area contributed by atoms with Gasteiger partial charge in [-0.3, -0.25) is 10.2 Å². The van der Waals surface area contributed by atoms with Crippen molar-refractivity contribution in [2.75, 3.05) is 17.2 Å². The SMILES string of the molecule is O=C(Nc1ccc(Nc2ccccc2)cc1)C1CNNC1c1ccc(F)cc1. The number of carbonyl (C=O) groups is 1. The minimum atomic E-state index is -0.299. The molecule has 3 aromatic rings. The topological polar surface area (TPSA) is 65.2 Å². The molecule has 142 valence electrons. The Labute approximate surface area is 162 Å². The Balaban J connectivity index is 1.40. The van der Waals surface area contributed by atoms with Gasteiger partial charge in [-0.2, -0.15) is 0 Å². The lowest BCUT2D eigenvalue weighted by Crippen LogP contribution is -2.29. The van der Waals surface area contributed by atoms with Crippen molar-refractivity contribution in [3.8, 4) is 0 Å². The summed E-state index contributed by atoms with van der Waals surface area (Å²) in [5.74, 6) is -0.678. The van der Waals surface area contributed by atoms with Crippen LogP contribution in [0.25, 0.3) is 0 Å². The highest BCUT2D eigenvalue weighted by Crippen LogP contribution is 2.27. The van der Waals surface area contributed by atoms with Gasteiger partial charge in [0.1, 0.15) is 5.82 Å². The Morgan fingerprint density at radius 1 is 0.857 bits per heavy atom. The van der Waals surface area contributed by atoms with E-state index in [0.717, 1.165) is 22.6 Å². The third kappa shape index (κ3) is 4.19. The number of anilines is 3. The number of hydrogen-bond donors (Lipinski definition) is 4. The maximum atomic E-state index is 13.2. The van der Waals surface area contributed by atoms with Gasteiger partial charge in [0.15, 0.2) is 0 Å². The highest BCUT2D eigenvalue weighted by Gasteiger charge is 2.33. The van der Waals surface area contributed by atoms with Gasteiger partial charge >= 0.3 is 0 Å². The summed E-state index contributed by atoms with van der Waals surface area (Å²) in [4.78, 5) is 12.8. The van der Waals surface area contributed by atoms with Gasteiger partial charge in [0.25, 0.3) is 0 Å². The van der Waals surface area contributed by atoms with Gasteiger partial charge in [0.2, 0.25) is 5.91 Å². The van der Waals surface area contributed by atoms with Gasteiger partial charge < -0.3 is 10.6 Å². The first-order valence-electron chi connectivity index (χ1n) is 9.16. The van der Waals surface area contributed by atoms with E-state index in [-0.39, 0.29) is 23.7 Å². The minimum absolute atomic E-state index is 0.0874. The van der Waals surface area contributed by atoms with Gasteiger partial charge in [0, 0.05) is 23.6 Å². The van der Waals surface area contributed by atoms with Crippen molar-refractivity contribution in [2.24, 2.45) is 5.92 Å². The van der Waals surface area contributed by atoms with E-state index in [1.54, 1.807) is 12.1 Å². The second kappa shape index (κ2) is 8.21. The van der Waals surface area contributed by atoms with E-state index in [2.05, 4.69) is 21.5 Å². The monoisotopic (exact) mass is 376 g/mol. The van der Waals surface area contributed by atoms with E-state index in [9.17, 15) is 9.18 Å². The number of hydrogen-bond acceptors (Lipinski definition) is 4. The molecule has 0 aliphatic carbocycles. The predicted octanol–water partition coefficient (Wildman–Crippen LogP) is 3.97. The van der Waals surface area contributed by atoms with Crippen LogP contribution in [0.4, 0.5) is 21.5 Å². The van der Waals surface area contributed by atoms with E-state index < -0.39 is 0 Å². The van der Waals surface area contributed by atoms with E-state index >= 15 is 0 Å². The Morgan fingerprint density at radius 3 is 2.21 bits per heavy atom. The molecule has 1 amide bonds. The number of amides is 1. The Hall–Kier alpha value is -3.22. The number of para-hydroxylation sites is 1. The second-order valence-corrected chi connectivity index (χ2v) is 6.72. The van der Waals surface area contributed by atoms with Crippen molar-refractivity contribution >= 4 is 23.0 Å². The summed E-state index contributed by atoms with van der Waals surface area (Å²) in [6.07, 6.45) is 0. The molecule has 1 saturated heterocycles. The van der Waals surface area contributed by atoms with Crippen molar-refractivity contribution < 1.29 is 9.18 Å². The molecule has 1 heterocycles. The third-order valence-electron chi connectivity index (χ3n) is 4.76. The van der Waals surface area contributed by atoms with Crippen molar-refractivity contribution in [1.82, 2.24) is 10.9 Å². The van der Waals surface area contributed by atoms with Crippen LogP contribution in [0.2, 0.25) is 0 Å². The molecule has 1 aliphatic rings. The normalized spacial score (nSPS) is 18.6. The Morgan fingerprint density at radius 2 is 1.50 bits per heavy atom. The third-order valence-corrected chi connectivity index (χ3v) is 4.76. The maximum Gasteiger partial charge on any atom is 0.230 e. The molecule has 1 aliphatic heterocycles. The van der Waals surface area contributed by atoms with Gasteiger partial charge in [-0.15, -0.1) is 0 Å². The lowest BCUT2D eigenvalue weighted by atomic mass is 9.94. The van der Waals surface area contributed by atoms with Crippen molar-refractivity contribution in [1.29, 1.82) is 0 Å². The molecule has 0 aromatic heterocycles. The summed E-state index contributed by atoms with van der Waals surface area (Å²) in [5.41, 5.74) is 9.67. The van der Waals surface area contributed by atoms with Crippen LogP contribution in [0.3, 0.4) is 0 Å². The quantitative estimate of drug-likeness (QED) is 0.544. The second-order valence-electron chi connectivity index (χ2n) is 6.72. The van der Waals surface area contributed by atoms with E-state index in [1.807, 2.05) is 54.6 Å². The van der Waals surface area contributed by atoms with E-state index in [4.69, 9.17) is 0 Å². The minimum Gasteiger partial charge on any atom is -0.356 e. The summed E-state index contributed by atoms with van der Waals surface area (Å²) < 4.78 is 13.2. The Kier molecular flexibility index (Phi) is 5.32. The van der Waals surface area contributed by atoms with Crippen LogP contribution in [0.15, 0.2) is 78.9 Å². The van der Waals surface area contributed by atoms with Crippen LogP contribution in [0.5, 0.6) is 0 Å². The summed E-state index contributed by atoms with van der Waals surface area (Å²) in [7, 11) is 0. The highest BCUT2D eigenvalue weighted by molar-refractivity contribution is 5.93. The first kappa shape index (κ1) is 18.2. The molecule has 3 aromatic carbocycles. The molecule has 0 spiro atoms. The molecule has 2 unspecified atom stereocenters. The molecule has 1 fully saturated rings. The molecule has 5 nitrogen and oxygen atoms in total. The van der Waals surface area contributed by atoms with E-state index in [1.165, 1.54) is 12.1 Å². The summed E-state index contributed by atoms with van der Waals surface area (Å²) in [5, 5.41) is 6.27. The van der Waals surface area contributed by atoms with Gasteiger partial charge in [-0.1, -0.05) is 30.3 Å². The maximum absolute atomic E-state index is 13.2. The average molecular weight is 376 g/mol. The molecular weight excluding hydrogens is 355 g/mol. The summed E-state index contributed by atoms with van der Waals surface area (Å²) in [6, 6.07) is 23.5. The number of hydrazine groups is 1. The first-order valence-corrected chi connectivity index (χ1v) is 9.16. The van der Waals surface area contributed by atoms with Gasteiger partial charge in [0.05, 0.1) is 12.0 Å². The zero-order chi connectivity index (χ0) is 19.3. The number of halogens is 1. The first-order chi connectivity index (χ1) is 13.7. The molecule has 0 saturated carbocycles. The number of rotatable bonds is 5. The fourth-order valence-electron chi connectivity index (χ4n) is 3.29. The number of benzene rings is 3. The predicted molar refractivity (Wildman–Crippen MR) is 109 cm³/mol. The highest BCUT2D eigenvalue weighted by atomic mass is 19.1. The standard InChI is InChI=1S/C22H21FN4O/c23-16-8-6-15(7-9-16)21-20(14-24-27-21)22(28)26-19-12-10-18(11-13-19)25-17-4-2-1-3-5-17/h1-13,20-21,24-25,27H,14H2,(H,26,28). The van der Waals surface area contributed by atoms with Gasteiger partial charge in [-0.05, 0) is 54.1 Å². The zero-order valence-electron chi connectivity index (χ0n) is 15.2. The van der Waals surface area contributed by atoms with Crippen LogP contribution in [-0.2, 0) is 4.79 Å². The molecule has 28 heavy (non-hydrogen) atoms. The zero-order valence-corrected chi connectivity index (χ0v) is 15.2. The number of nitrogens with one attached hydrogen (secondary N) is 4. The molecule has 6 heteroatoms. The van der Waals surface area contributed by atoms with Crippen LogP contribution < -0.4 is 21.5 Å². The van der Waals surface area contributed by atoms with Gasteiger partial charge in [-0.25, -0.2) is 9.82 Å². The molecule has 4 N–H and O–H groups in total. The van der Waals surface area contributed by atoms with Crippen molar-refractivity contribution in [3.05, 3.63) is 90.2 Å². The van der Waals surface area contributed by atoms with Crippen molar-refractivity contribution in [2.45, 2.75) is 6.04 Å². The molecule has 4 rings (SSSR count). The molecule has 0 radical (unpaired) electrons. The van der Waals surface area contributed by atoms with Crippen molar-refractivity contribution in [3.63, 3.8) is 0 Å². The fraction of sp³-hybridized carbons (Fsp3) is 0.136. The summed E-state index contributed by atoms with van der Waals surface area (Å²) >= 11 is 0. The smallest absolute Gasteiger partial charge is 0.230 e. The fourth-order valence-corrected chi connectivity index (χ4v) is 3.29. The van der Waals surface area contributed by atoms with E-state index in [0.29, 0.717) is 6.54 Å². The van der Waals surface area contributed by atoms with Crippen LogP contribution >= 0.6 is 0 Å². The lowest BCUT2D eigenvalue weighted by molar-refractivity contribution is -0.119. The molecule has 2 atom stereocenters. The van der Waals surface area contributed by atoms with Crippen LogP contribution in [0, 0.1) is 11.7 Å². The molecule has 0 bridgehead atoms. The summed E-state index contributed by atoms with van der Waals surface area (Å²) in [6.45, 7) is 0.502. The largest absolute Gasteiger partial charge is 0.356 e. The average Bonchev–Trinajstić information content (AvgIpc) is 3.21.